The number of nitrogens with one attached hydrogen (secondary N) is 2. The topological polar surface area (TPSA) is 84.2 Å². The molecule has 0 aliphatic rings. The monoisotopic (exact) mass is 457 g/mol. The van der Waals surface area contributed by atoms with Gasteiger partial charge < -0.3 is 9.84 Å². The highest BCUT2D eigenvalue weighted by atomic mass is 35.5. The molecule has 6 nitrogen and oxygen atoms in total. The molecule has 0 unspecified atom stereocenters. The third-order valence-corrected chi connectivity index (χ3v) is 4.98. The fourth-order valence-corrected chi connectivity index (χ4v) is 3.58. The molecular weight excluding hydrogens is 448 g/mol. The third-order valence-electron chi connectivity index (χ3n) is 3.72. The zero-order chi connectivity index (χ0) is 20.4. The van der Waals surface area contributed by atoms with Gasteiger partial charge in [-0.25, -0.2) is 4.79 Å². The van der Waals surface area contributed by atoms with Crippen LogP contribution in [0.5, 0.6) is 0 Å². The molecule has 2 aromatic carbocycles. The summed E-state index contributed by atoms with van der Waals surface area (Å²) in [6.07, 6.45) is 0. The number of aromatic nitrogens is 1. The average molecular weight is 459 g/mol. The van der Waals surface area contributed by atoms with E-state index in [9.17, 15) is 9.59 Å². The normalized spacial score (nSPS) is 10.6. The van der Waals surface area contributed by atoms with Gasteiger partial charge >= 0.3 is 6.03 Å². The summed E-state index contributed by atoms with van der Waals surface area (Å²) in [5, 5.41) is 9.46. The lowest BCUT2D eigenvalue weighted by Crippen LogP contribution is -2.34. The Balaban J connectivity index is 1.86. The SMILES string of the molecule is Cc1onc(-c2c(Cl)cccc2Cl)c1NC(=O)NC(=O)c1c(Cl)cccc1Cl. The maximum absolute atomic E-state index is 12.4. The Bertz CT molecular complexity index is 1040. The fraction of sp³-hybridized carbons (Fsp3) is 0.0556. The number of hydrogen-bond acceptors (Lipinski definition) is 4. The first kappa shape index (κ1) is 20.5. The molecule has 0 aliphatic carbocycles. The van der Waals surface area contributed by atoms with Gasteiger partial charge in [-0.3, -0.25) is 10.1 Å². The molecule has 0 radical (unpaired) electrons. The van der Waals surface area contributed by atoms with Crippen LogP contribution in [0.4, 0.5) is 10.5 Å². The molecule has 0 spiro atoms. The lowest BCUT2D eigenvalue weighted by molar-refractivity contribution is 0.0967. The van der Waals surface area contributed by atoms with E-state index in [0.717, 1.165) is 0 Å². The number of nitrogens with zero attached hydrogens (tertiary/aromatic N) is 1. The zero-order valence-electron chi connectivity index (χ0n) is 14.1. The summed E-state index contributed by atoms with van der Waals surface area (Å²) < 4.78 is 5.15. The van der Waals surface area contributed by atoms with Gasteiger partial charge in [-0.2, -0.15) is 0 Å². The van der Waals surface area contributed by atoms with Crippen LogP contribution < -0.4 is 10.6 Å². The molecule has 0 bridgehead atoms. The quantitative estimate of drug-likeness (QED) is 0.487. The van der Waals surface area contributed by atoms with Crippen LogP contribution in [0.3, 0.4) is 0 Å². The van der Waals surface area contributed by atoms with Crippen molar-refractivity contribution < 1.29 is 14.1 Å². The Kier molecular flexibility index (Phi) is 6.15. The molecule has 10 heteroatoms. The molecule has 1 heterocycles. The first-order chi connectivity index (χ1) is 13.3. The molecule has 0 fully saturated rings. The lowest BCUT2D eigenvalue weighted by Gasteiger charge is -2.10. The number of rotatable bonds is 3. The van der Waals surface area contributed by atoms with E-state index in [0.29, 0.717) is 21.4 Å². The van der Waals surface area contributed by atoms with Crippen molar-refractivity contribution >= 4 is 64.0 Å². The largest absolute Gasteiger partial charge is 0.359 e. The molecule has 28 heavy (non-hydrogen) atoms. The highest BCUT2D eigenvalue weighted by Gasteiger charge is 2.23. The highest BCUT2D eigenvalue weighted by Crippen LogP contribution is 2.39. The minimum atomic E-state index is -0.836. The summed E-state index contributed by atoms with van der Waals surface area (Å²) in [5.41, 5.74) is 0.813. The molecule has 1 aromatic heterocycles. The van der Waals surface area contributed by atoms with Gasteiger partial charge in [0.1, 0.15) is 11.4 Å². The highest BCUT2D eigenvalue weighted by molar-refractivity contribution is 6.40. The second-order valence-electron chi connectivity index (χ2n) is 5.56. The lowest BCUT2D eigenvalue weighted by atomic mass is 10.1. The van der Waals surface area contributed by atoms with Crippen molar-refractivity contribution in [3.8, 4) is 11.3 Å². The molecule has 3 rings (SSSR count). The number of carbonyl (C=O) groups is 2. The number of anilines is 1. The van der Waals surface area contributed by atoms with Crippen molar-refractivity contribution in [2.75, 3.05) is 5.32 Å². The van der Waals surface area contributed by atoms with Gasteiger partial charge in [-0.1, -0.05) is 63.7 Å². The molecule has 3 amide bonds. The van der Waals surface area contributed by atoms with E-state index in [1.165, 1.54) is 12.1 Å². The second kappa shape index (κ2) is 8.41. The van der Waals surface area contributed by atoms with Crippen LogP contribution in [0.25, 0.3) is 11.3 Å². The maximum atomic E-state index is 12.4. The Morgan fingerprint density at radius 2 is 1.46 bits per heavy atom. The molecule has 144 valence electrons. The summed E-state index contributed by atoms with van der Waals surface area (Å²) in [7, 11) is 0. The number of urea groups is 1. The molecule has 3 aromatic rings. The molecule has 0 saturated carbocycles. The number of hydrogen-bond donors (Lipinski definition) is 2. The van der Waals surface area contributed by atoms with Gasteiger partial charge in [-0.15, -0.1) is 0 Å². The Labute approximate surface area is 179 Å². The predicted molar refractivity (Wildman–Crippen MR) is 110 cm³/mol. The van der Waals surface area contributed by atoms with Crippen LogP contribution in [0.15, 0.2) is 40.9 Å². The van der Waals surface area contributed by atoms with Crippen LogP contribution in [0.2, 0.25) is 20.1 Å². The summed E-state index contributed by atoms with van der Waals surface area (Å²) >= 11 is 24.4. The maximum Gasteiger partial charge on any atom is 0.326 e. The molecule has 0 saturated heterocycles. The van der Waals surface area contributed by atoms with Gasteiger partial charge in [0, 0.05) is 5.56 Å². The first-order valence-electron chi connectivity index (χ1n) is 7.76. The molecule has 0 atom stereocenters. The number of aryl methyl sites for hydroxylation is 1. The van der Waals surface area contributed by atoms with Crippen molar-refractivity contribution in [2.45, 2.75) is 6.92 Å². The standard InChI is InChI=1S/C18H11Cl4N3O3/c1-8-15(16(25-28-8)13-9(19)4-2-5-10(13)20)23-18(27)24-17(26)14-11(21)6-3-7-12(14)22/h2-7H,1H3,(H2,23,24,26,27). The van der Waals surface area contributed by atoms with Crippen LogP contribution in [0.1, 0.15) is 16.1 Å². The summed E-state index contributed by atoms with van der Waals surface area (Å²) in [6.45, 7) is 1.59. The summed E-state index contributed by atoms with van der Waals surface area (Å²) in [5.74, 6) is -0.469. The van der Waals surface area contributed by atoms with Crippen molar-refractivity contribution in [2.24, 2.45) is 0 Å². The summed E-state index contributed by atoms with van der Waals surface area (Å²) in [6, 6.07) is 8.65. The summed E-state index contributed by atoms with van der Waals surface area (Å²) in [4.78, 5) is 24.7. The predicted octanol–water partition coefficient (Wildman–Crippen LogP) is 6.23. The van der Waals surface area contributed by atoms with Crippen molar-refractivity contribution in [1.29, 1.82) is 0 Å². The van der Waals surface area contributed by atoms with Crippen LogP contribution in [-0.4, -0.2) is 17.1 Å². The second-order valence-corrected chi connectivity index (χ2v) is 7.19. The number of amides is 3. The van der Waals surface area contributed by atoms with E-state index in [-0.39, 0.29) is 27.0 Å². The zero-order valence-corrected chi connectivity index (χ0v) is 17.2. The number of halogens is 4. The molecule has 2 N–H and O–H groups in total. The van der Waals surface area contributed by atoms with Crippen molar-refractivity contribution in [3.05, 3.63) is 67.8 Å². The Morgan fingerprint density at radius 3 is 2.04 bits per heavy atom. The minimum absolute atomic E-state index is 0.0163. The van der Waals surface area contributed by atoms with E-state index >= 15 is 0 Å². The van der Waals surface area contributed by atoms with Gasteiger partial charge in [0.15, 0.2) is 5.76 Å². The molecular formula is C18H11Cl4N3O3. The van der Waals surface area contributed by atoms with Gasteiger partial charge in [-0.05, 0) is 31.2 Å². The van der Waals surface area contributed by atoms with Crippen molar-refractivity contribution in [3.63, 3.8) is 0 Å². The van der Waals surface area contributed by atoms with Gasteiger partial charge in [0.05, 0.1) is 25.7 Å². The van der Waals surface area contributed by atoms with Crippen LogP contribution in [-0.2, 0) is 0 Å². The van der Waals surface area contributed by atoms with Gasteiger partial charge in [0.25, 0.3) is 5.91 Å². The minimum Gasteiger partial charge on any atom is -0.359 e. The average Bonchev–Trinajstić information content (AvgIpc) is 2.95. The molecule has 0 aliphatic heterocycles. The van der Waals surface area contributed by atoms with E-state index in [4.69, 9.17) is 50.9 Å². The van der Waals surface area contributed by atoms with E-state index in [1.807, 2.05) is 0 Å². The van der Waals surface area contributed by atoms with E-state index in [2.05, 4.69) is 15.8 Å². The smallest absolute Gasteiger partial charge is 0.326 e. The van der Waals surface area contributed by atoms with Gasteiger partial charge in [0.2, 0.25) is 0 Å². The number of imide groups is 1. The third kappa shape index (κ3) is 4.10. The first-order valence-corrected chi connectivity index (χ1v) is 9.27. The number of benzene rings is 2. The van der Waals surface area contributed by atoms with Crippen LogP contribution >= 0.6 is 46.4 Å². The Morgan fingerprint density at radius 1 is 0.929 bits per heavy atom. The number of carbonyl (C=O) groups excluding carboxylic acids is 2. The Hall–Kier alpha value is -2.25. The fourth-order valence-electron chi connectivity index (χ4n) is 2.44. The van der Waals surface area contributed by atoms with Crippen LogP contribution in [0, 0.1) is 6.92 Å². The van der Waals surface area contributed by atoms with Crippen molar-refractivity contribution in [1.82, 2.24) is 10.5 Å². The van der Waals surface area contributed by atoms with E-state index < -0.39 is 11.9 Å². The van der Waals surface area contributed by atoms with E-state index in [1.54, 1.807) is 31.2 Å².